The van der Waals surface area contributed by atoms with Gasteiger partial charge in [-0.05, 0) is 37.0 Å². The van der Waals surface area contributed by atoms with Crippen molar-refractivity contribution in [1.82, 2.24) is 15.1 Å². The van der Waals surface area contributed by atoms with Crippen molar-refractivity contribution in [1.29, 1.82) is 0 Å². The van der Waals surface area contributed by atoms with E-state index in [0.29, 0.717) is 48.4 Å². The van der Waals surface area contributed by atoms with Gasteiger partial charge in [-0.25, -0.2) is 5.06 Å². The largest absolute Gasteiger partial charge is 0.359 e. The van der Waals surface area contributed by atoms with Gasteiger partial charge in [0.2, 0.25) is 18.2 Å². The van der Waals surface area contributed by atoms with Gasteiger partial charge in [-0.15, -0.1) is 0 Å². The van der Waals surface area contributed by atoms with Crippen LogP contribution in [0.1, 0.15) is 77.9 Å². The zero-order chi connectivity index (χ0) is 23.8. The smallest absolute Gasteiger partial charge is 0.248 e. The lowest BCUT2D eigenvalue weighted by molar-refractivity contribution is -0.158. The summed E-state index contributed by atoms with van der Waals surface area (Å²) in [5, 5.41) is 17.2. The molecule has 182 valence electrons. The van der Waals surface area contributed by atoms with Crippen LogP contribution in [0.15, 0.2) is 10.6 Å². The maximum Gasteiger partial charge on any atom is 0.248 e. The molecule has 3 amide bonds. The predicted octanol–water partition coefficient (Wildman–Crippen LogP) is 3.34. The fraction of sp³-hybridized carbons (Fsp3) is 0.750. The Morgan fingerprint density at radius 3 is 2.64 bits per heavy atom. The SMILES string of the molecule is CC(C)(C)c1cc(NC(=O)[C@@H]2CC3(CC3)CN2C(=O)C(CC2CCCC2)CN(O)C=O)no1. The van der Waals surface area contributed by atoms with Gasteiger partial charge < -0.3 is 14.7 Å². The summed E-state index contributed by atoms with van der Waals surface area (Å²) in [6.07, 6.45) is 8.02. The first-order valence-corrected chi connectivity index (χ1v) is 12.1. The van der Waals surface area contributed by atoms with Gasteiger partial charge in [0, 0.05) is 18.0 Å². The Morgan fingerprint density at radius 1 is 1.36 bits per heavy atom. The molecule has 3 aliphatic rings. The summed E-state index contributed by atoms with van der Waals surface area (Å²) in [4.78, 5) is 39.6. The molecule has 2 N–H and O–H groups in total. The lowest BCUT2D eigenvalue weighted by Gasteiger charge is -2.30. The number of nitrogens with one attached hydrogen (secondary N) is 1. The molecular formula is C24H36N4O5. The van der Waals surface area contributed by atoms with E-state index < -0.39 is 12.0 Å². The number of carbonyl (C=O) groups is 3. The number of anilines is 1. The summed E-state index contributed by atoms with van der Waals surface area (Å²) in [6.45, 7) is 6.50. The predicted molar refractivity (Wildman–Crippen MR) is 120 cm³/mol. The quantitative estimate of drug-likeness (QED) is 0.349. The second-order valence-electron chi connectivity index (χ2n) is 11.3. The maximum absolute atomic E-state index is 13.7. The van der Waals surface area contributed by atoms with E-state index in [9.17, 15) is 19.6 Å². The Hall–Kier alpha value is -2.42. The number of carbonyl (C=O) groups excluding carboxylic acids is 3. The van der Waals surface area contributed by atoms with Gasteiger partial charge in [-0.2, -0.15) is 0 Å². The highest BCUT2D eigenvalue weighted by molar-refractivity contribution is 5.97. The van der Waals surface area contributed by atoms with E-state index in [-0.39, 0.29) is 29.2 Å². The number of rotatable bonds is 8. The number of aromatic nitrogens is 1. The van der Waals surface area contributed by atoms with E-state index in [0.717, 1.165) is 38.5 Å². The van der Waals surface area contributed by atoms with Gasteiger partial charge in [0.05, 0.1) is 12.5 Å². The average Bonchev–Trinajstić information content (AvgIpc) is 3.14. The van der Waals surface area contributed by atoms with E-state index in [2.05, 4.69) is 10.5 Å². The number of likely N-dealkylation sites (tertiary alicyclic amines) is 1. The van der Waals surface area contributed by atoms with Crippen LogP contribution in [-0.4, -0.2) is 57.7 Å². The van der Waals surface area contributed by atoms with E-state index in [1.54, 1.807) is 11.0 Å². The molecule has 2 atom stereocenters. The van der Waals surface area contributed by atoms with Crippen LogP contribution >= 0.6 is 0 Å². The molecule has 0 bridgehead atoms. The number of amides is 3. The molecule has 2 aliphatic carbocycles. The summed E-state index contributed by atoms with van der Waals surface area (Å²) in [6, 6.07) is 1.13. The van der Waals surface area contributed by atoms with E-state index in [1.165, 1.54) is 0 Å². The van der Waals surface area contributed by atoms with Crippen molar-refractivity contribution in [3.63, 3.8) is 0 Å². The zero-order valence-corrected chi connectivity index (χ0v) is 19.9. The molecule has 9 nitrogen and oxygen atoms in total. The third-order valence-corrected chi connectivity index (χ3v) is 7.52. The normalized spacial score (nSPS) is 23.0. The van der Waals surface area contributed by atoms with E-state index >= 15 is 0 Å². The fourth-order valence-corrected chi connectivity index (χ4v) is 5.36. The van der Waals surface area contributed by atoms with Crippen molar-refractivity contribution in [2.45, 2.75) is 83.6 Å². The molecular weight excluding hydrogens is 424 g/mol. The van der Waals surface area contributed by atoms with Crippen molar-refractivity contribution >= 4 is 24.0 Å². The van der Waals surface area contributed by atoms with Crippen LogP contribution in [0.25, 0.3) is 0 Å². The van der Waals surface area contributed by atoms with Gasteiger partial charge in [-0.1, -0.05) is 51.6 Å². The molecule has 1 unspecified atom stereocenters. The molecule has 3 fully saturated rings. The Kier molecular flexibility index (Phi) is 6.53. The lowest BCUT2D eigenvalue weighted by Crippen LogP contribution is -2.48. The number of hydrogen-bond donors (Lipinski definition) is 2. The van der Waals surface area contributed by atoms with Gasteiger partial charge >= 0.3 is 0 Å². The minimum Gasteiger partial charge on any atom is -0.359 e. The molecule has 1 aliphatic heterocycles. The number of nitrogens with zero attached hydrogens (tertiary/aromatic N) is 3. The summed E-state index contributed by atoms with van der Waals surface area (Å²) < 4.78 is 5.38. The average molecular weight is 461 g/mol. The molecule has 33 heavy (non-hydrogen) atoms. The number of hydroxylamine groups is 2. The lowest BCUT2D eigenvalue weighted by atomic mass is 9.91. The van der Waals surface area contributed by atoms with Crippen LogP contribution < -0.4 is 5.32 Å². The highest BCUT2D eigenvalue weighted by Crippen LogP contribution is 2.55. The van der Waals surface area contributed by atoms with Crippen LogP contribution in [0.4, 0.5) is 5.82 Å². The highest BCUT2D eigenvalue weighted by Gasteiger charge is 2.56. The third-order valence-electron chi connectivity index (χ3n) is 7.52. The molecule has 4 rings (SSSR count). The Balaban J connectivity index is 1.49. The monoisotopic (exact) mass is 460 g/mol. The first kappa shape index (κ1) is 23.7. The standard InChI is InChI=1S/C24H36N4O5/c1-23(2,3)19-11-20(26-33-19)25-21(30)18-12-24(8-9-24)14-28(18)22(31)17(13-27(32)15-29)10-16-6-4-5-7-16/h11,15-18,32H,4-10,12-14H2,1-3H3,(H,25,26,30)/t17?,18-/m0/s1. The van der Waals surface area contributed by atoms with Crippen LogP contribution in [0.5, 0.6) is 0 Å². The molecule has 1 aromatic rings. The molecule has 1 aromatic heterocycles. The van der Waals surface area contributed by atoms with Crippen LogP contribution in [0.2, 0.25) is 0 Å². The van der Waals surface area contributed by atoms with Crippen molar-refractivity contribution < 1.29 is 24.1 Å². The molecule has 9 heteroatoms. The van der Waals surface area contributed by atoms with Gasteiger partial charge in [0.25, 0.3) is 0 Å². The van der Waals surface area contributed by atoms with Gasteiger partial charge in [0.15, 0.2) is 5.82 Å². The summed E-state index contributed by atoms with van der Waals surface area (Å²) in [5.74, 6) is 0.490. The third kappa shape index (κ3) is 5.39. The minimum absolute atomic E-state index is 0.0134. The van der Waals surface area contributed by atoms with Crippen LogP contribution in [0, 0.1) is 17.3 Å². The second-order valence-corrected chi connectivity index (χ2v) is 11.3. The highest BCUT2D eigenvalue weighted by atomic mass is 16.5. The van der Waals surface area contributed by atoms with Crippen LogP contribution in [-0.2, 0) is 19.8 Å². The first-order chi connectivity index (χ1) is 15.6. The molecule has 0 radical (unpaired) electrons. The zero-order valence-electron chi connectivity index (χ0n) is 19.9. The van der Waals surface area contributed by atoms with Gasteiger partial charge in [-0.3, -0.25) is 19.6 Å². The second kappa shape index (κ2) is 9.08. The summed E-state index contributed by atoms with van der Waals surface area (Å²) in [7, 11) is 0. The topological polar surface area (TPSA) is 116 Å². The molecule has 2 heterocycles. The van der Waals surface area contributed by atoms with Gasteiger partial charge in [0.1, 0.15) is 11.8 Å². The van der Waals surface area contributed by atoms with Crippen molar-refractivity contribution in [3.05, 3.63) is 11.8 Å². The summed E-state index contributed by atoms with van der Waals surface area (Å²) >= 11 is 0. The maximum atomic E-state index is 13.7. The van der Waals surface area contributed by atoms with Crippen molar-refractivity contribution in [2.75, 3.05) is 18.4 Å². The fourth-order valence-electron chi connectivity index (χ4n) is 5.36. The van der Waals surface area contributed by atoms with Crippen molar-refractivity contribution in [3.8, 4) is 0 Å². The Morgan fingerprint density at radius 2 is 2.06 bits per heavy atom. The molecule has 2 saturated carbocycles. The van der Waals surface area contributed by atoms with E-state index in [1.807, 2.05) is 20.8 Å². The number of hydrogen-bond acceptors (Lipinski definition) is 6. The van der Waals surface area contributed by atoms with Crippen molar-refractivity contribution in [2.24, 2.45) is 17.3 Å². The molecule has 1 spiro atoms. The minimum atomic E-state index is -0.593. The molecule has 0 aromatic carbocycles. The summed E-state index contributed by atoms with van der Waals surface area (Å²) in [5.41, 5.74) is -0.217. The van der Waals surface area contributed by atoms with E-state index in [4.69, 9.17) is 4.52 Å². The first-order valence-electron chi connectivity index (χ1n) is 12.1. The Labute approximate surface area is 194 Å². The van der Waals surface area contributed by atoms with Crippen LogP contribution in [0.3, 0.4) is 0 Å². The molecule has 1 saturated heterocycles. The Bertz CT molecular complexity index is 882.